The number of nitrogens with zero attached hydrogens (tertiary/aromatic N) is 4. The second kappa shape index (κ2) is 9.42. The van der Waals surface area contributed by atoms with Gasteiger partial charge in [-0.25, -0.2) is 0 Å². The molecule has 2 heterocycles. The number of carbonyl (C=O) groups is 4. The van der Waals surface area contributed by atoms with Crippen LogP contribution in [0.25, 0.3) is 10.9 Å². The van der Waals surface area contributed by atoms with Crippen molar-refractivity contribution in [2.75, 3.05) is 29.9 Å². The fourth-order valence-corrected chi connectivity index (χ4v) is 4.27. The van der Waals surface area contributed by atoms with Crippen LogP contribution in [-0.4, -0.2) is 53.6 Å². The monoisotopic (exact) mass is 478 g/mol. The summed E-state index contributed by atoms with van der Waals surface area (Å²) in [6.07, 6.45) is 1.64. The van der Waals surface area contributed by atoms with Gasteiger partial charge in [-0.3, -0.25) is 29.1 Å². The van der Waals surface area contributed by atoms with E-state index in [9.17, 15) is 19.2 Å². The number of para-hydroxylation sites is 1. The van der Waals surface area contributed by atoms with E-state index >= 15 is 0 Å². The Hall–Kier alpha value is -4.85. The fraction of sp³-hybridized carbons (Fsp3) is 0.107. The van der Waals surface area contributed by atoms with Gasteiger partial charge in [0.25, 0.3) is 11.8 Å². The van der Waals surface area contributed by atoms with Crippen molar-refractivity contribution in [2.45, 2.75) is 0 Å². The molecule has 4 aromatic rings. The molecule has 8 nitrogen and oxygen atoms in total. The van der Waals surface area contributed by atoms with E-state index in [0.717, 1.165) is 4.90 Å². The Bertz CT molecular complexity index is 1460. The smallest absolute Gasteiger partial charge is 0.262 e. The molecule has 4 amide bonds. The molecule has 1 aromatic heterocycles. The van der Waals surface area contributed by atoms with Crippen molar-refractivity contribution in [2.24, 2.45) is 0 Å². The lowest BCUT2D eigenvalue weighted by Crippen LogP contribution is -2.47. The molecule has 36 heavy (non-hydrogen) atoms. The first kappa shape index (κ1) is 22.9. The zero-order chi connectivity index (χ0) is 25.2. The predicted molar refractivity (Wildman–Crippen MR) is 136 cm³/mol. The van der Waals surface area contributed by atoms with Crippen LogP contribution in [0.3, 0.4) is 0 Å². The van der Waals surface area contributed by atoms with E-state index in [-0.39, 0.29) is 23.6 Å². The lowest BCUT2D eigenvalue weighted by atomic mass is 10.1. The van der Waals surface area contributed by atoms with E-state index < -0.39 is 24.3 Å². The summed E-state index contributed by atoms with van der Waals surface area (Å²) in [4.78, 5) is 60.8. The molecule has 0 unspecified atom stereocenters. The van der Waals surface area contributed by atoms with Crippen molar-refractivity contribution >= 4 is 45.9 Å². The van der Waals surface area contributed by atoms with Gasteiger partial charge in [-0.15, -0.1) is 0 Å². The summed E-state index contributed by atoms with van der Waals surface area (Å²) in [5.74, 6) is -1.96. The van der Waals surface area contributed by atoms with Crippen molar-refractivity contribution < 1.29 is 19.2 Å². The molecule has 0 saturated heterocycles. The molecule has 0 N–H and O–H groups in total. The summed E-state index contributed by atoms with van der Waals surface area (Å²) >= 11 is 0. The van der Waals surface area contributed by atoms with Crippen molar-refractivity contribution in [3.63, 3.8) is 0 Å². The molecule has 0 fully saturated rings. The molecule has 0 radical (unpaired) electrons. The zero-order valence-corrected chi connectivity index (χ0v) is 19.5. The maximum Gasteiger partial charge on any atom is 0.262 e. The summed E-state index contributed by atoms with van der Waals surface area (Å²) < 4.78 is 0. The Morgan fingerprint density at radius 1 is 0.778 bits per heavy atom. The predicted octanol–water partition coefficient (Wildman–Crippen LogP) is 3.53. The average molecular weight is 479 g/mol. The minimum Gasteiger partial charge on any atom is -0.314 e. The summed E-state index contributed by atoms with van der Waals surface area (Å²) in [5.41, 5.74) is 2.32. The molecule has 0 atom stereocenters. The first-order valence-corrected chi connectivity index (χ1v) is 11.4. The van der Waals surface area contributed by atoms with E-state index in [1.165, 1.54) is 9.80 Å². The molecule has 0 bridgehead atoms. The largest absolute Gasteiger partial charge is 0.314 e. The second-order valence-electron chi connectivity index (χ2n) is 8.36. The molecule has 178 valence electrons. The van der Waals surface area contributed by atoms with E-state index in [1.54, 1.807) is 67.8 Å². The van der Waals surface area contributed by atoms with Crippen LogP contribution in [0.15, 0.2) is 91.1 Å². The molecule has 1 aliphatic heterocycles. The molecular formula is C28H22N4O4. The molecule has 1 aliphatic rings. The fourth-order valence-electron chi connectivity index (χ4n) is 4.27. The van der Waals surface area contributed by atoms with Crippen molar-refractivity contribution in [1.29, 1.82) is 0 Å². The SMILES string of the molecule is CN(C(=O)CN(C(=O)CN1C(=O)c2ccccc2C1=O)c1cccc2ncccc12)c1ccccc1. The van der Waals surface area contributed by atoms with Gasteiger partial charge in [0.1, 0.15) is 13.1 Å². The lowest BCUT2D eigenvalue weighted by molar-refractivity contribution is -0.122. The highest BCUT2D eigenvalue weighted by atomic mass is 16.2. The highest BCUT2D eigenvalue weighted by molar-refractivity contribution is 6.23. The highest BCUT2D eigenvalue weighted by Crippen LogP contribution is 2.28. The van der Waals surface area contributed by atoms with Gasteiger partial charge in [-0.2, -0.15) is 0 Å². The van der Waals surface area contributed by atoms with E-state index in [2.05, 4.69) is 4.98 Å². The summed E-state index contributed by atoms with van der Waals surface area (Å²) in [6.45, 7) is -0.785. The molecule has 0 spiro atoms. The van der Waals surface area contributed by atoms with Crippen LogP contribution in [0.1, 0.15) is 20.7 Å². The maximum absolute atomic E-state index is 13.7. The lowest BCUT2D eigenvalue weighted by Gasteiger charge is -2.27. The van der Waals surface area contributed by atoms with Gasteiger partial charge in [0.05, 0.1) is 22.3 Å². The quantitative estimate of drug-likeness (QED) is 0.396. The first-order chi connectivity index (χ1) is 17.5. The molecular weight excluding hydrogens is 456 g/mol. The van der Waals surface area contributed by atoms with Crippen LogP contribution in [0.4, 0.5) is 11.4 Å². The molecule has 0 aliphatic carbocycles. The van der Waals surface area contributed by atoms with E-state index in [1.807, 2.05) is 30.3 Å². The van der Waals surface area contributed by atoms with Gasteiger partial charge < -0.3 is 9.80 Å². The third-order valence-electron chi connectivity index (χ3n) is 6.20. The number of pyridine rings is 1. The van der Waals surface area contributed by atoms with Gasteiger partial charge in [-0.05, 0) is 48.5 Å². The van der Waals surface area contributed by atoms with E-state index in [4.69, 9.17) is 0 Å². The standard InChI is InChI=1S/C28H22N4O4/c1-30(19-9-3-2-4-10-19)25(33)17-31(24-15-7-14-23-22(24)13-8-16-29-23)26(34)18-32-27(35)20-11-5-6-12-21(20)28(32)36/h2-16H,17-18H2,1H3. The van der Waals surface area contributed by atoms with Gasteiger partial charge in [-0.1, -0.05) is 36.4 Å². The van der Waals surface area contributed by atoms with Gasteiger partial charge >= 0.3 is 0 Å². The van der Waals surface area contributed by atoms with Crippen LogP contribution in [0.2, 0.25) is 0 Å². The van der Waals surface area contributed by atoms with Gasteiger partial charge in [0.2, 0.25) is 11.8 Å². The van der Waals surface area contributed by atoms with Crippen LogP contribution >= 0.6 is 0 Å². The van der Waals surface area contributed by atoms with Gasteiger partial charge in [0, 0.05) is 24.3 Å². The molecule has 5 rings (SSSR count). The third kappa shape index (κ3) is 4.09. The Morgan fingerprint density at radius 2 is 1.44 bits per heavy atom. The number of likely N-dealkylation sites (N-methyl/N-ethyl adjacent to an activating group) is 1. The van der Waals surface area contributed by atoms with Crippen molar-refractivity contribution in [3.8, 4) is 0 Å². The Labute approximate surface area is 207 Å². The summed E-state index contributed by atoms with van der Waals surface area (Å²) in [5, 5.41) is 0.672. The number of anilines is 2. The highest BCUT2D eigenvalue weighted by Gasteiger charge is 2.37. The number of carbonyl (C=O) groups excluding carboxylic acids is 4. The third-order valence-corrected chi connectivity index (χ3v) is 6.20. The number of aromatic nitrogens is 1. The maximum atomic E-state index is 13.7. The minimum atomic E-state index is -0.560. The Kier molecular flexibility index (Phi) is 6.00. The number of fused-ring (bicyclic) bond motifs is 2. The Morgan fingerprint density at radius 3 is 2.14 bits per heavy atom. The number of amides is 4. The van der Waals surface area contributed by atoms with Crippen LogP contribution in [-0.2, 0) is 9.59 Å². The summed E-state index contributed by atoms with van der Waals surface area (Å²) in [7, 11) is 1.63. The normalized spacial score (nSPS) is 12.5. The first-order valence-electron chi connectivity index (χ1n) is 11.4. The second-order valence-corrected chi connectivity index (χ2v) is 8.36. The van der Waals surface area contributed by atoms with Crippen molar-refractivity contribution in [3.05, 3.63) is 102 Å². The van der Waals surface area contributed by atoms with Crippen LogP contribution in [0.5, 0.6) is 0 Å². The number of hydrogen-bond donors (Lipinski definition) is 0. The molecule has 0 saturated carbocycles. The molecule has 3 aromatic carbocycles. The topological polar surface area (TPSA) is 90.9 Å². The van der Waals surface area contributed by atoms with Crippen LogP contribution < -0.4 is 9.80 Å². The summed E-state index contributed by atoms with van der Waals surface area (Å²) in [6, 6.07) is 24.4. The van der Waals surface area contributed by atoms with Crippen LogP contribution in [0, 0.1) is 0 Å². The molecule has 8 heteroatoms. The average Bonchev–Trinajstić information content (AvgIpc) is 3.16. The van der Waals surface area contributed by atoms with Gasteiger partial charge in [0.15, 0.2) is 0 Å². The van der Waals surface area contributed by atoms with Crippen molar-refractivity contribution in [1.82, 2.24) is 9.88 Å². The number of benzene rings is 3. The Balaban J connectivity index is 1.48. The van der Waals surface area contributed by atoms with E-state index in [0.29, 0.717) is 22.3 Å². The minimum absolute atomic E-state index is 0.260. The zero-order valence-electron chi connectivity index (χ0n) is 19.5. The number of imide groups is 1. The number of rotatable bonds is 6. The number of hydrogen-bond acceptors (Lipinski definition) is 5.